The van der Waals surface area contributed by atoms with E-state index in [-0.39, 0.29) is 5.82 Å². The zero-order valence-electron chi connectivity index (χ0n) is 15.0. The SMILES string of the molecule is Fc1ccc2c(c1)CO[C@@]1(CCC(c3ccccc3)(c3ccccc3)O1)C2. The van der Waals surface area contributed by atoms with Gasteiger partial charge in [-0.15, -0.1) is 0 Å². The first-order valence-electron chi connectivity index (χ1n) is 9.42. The quantitative estimate of drug-likeness (QED) is 0.613. The monoisotopic (exact) mass is 360 g/mol. The first-order valence-corrected chi connectivity index (χ1v) is 9.42. The average Bonchev–Trinajstić information content (AvgIpc) is 3.10. The Balaban J connectivity index is 1.55. The van der Waals surface area contributed by atoms with Gasteiger partial charge in [-0.25, -0.2) is 4.39 Å². The van der Waals surface area contributed by atoms with Crippen LogP contribution in [0.2, 0.25) is 0 Å². The third kappa shape index (κ3) is 2.78. The minimum Gasteiger partial charge on any atom is -0.345 e. The molecule has 2 nitrogen and oxygen atoms in total. The second-order valence-electron chi connectivity index (χ2n) is 7.45. The van der Waals surface area contributed by atoms with Crippen LogP contribution in [-0.4, -0.2) is 5.79 Å². The highest BCUT2D eigenvalue weighted by atomic mass is 19.1. The predicted octanol–water partition coefficient (Wildman–Crippen LogP) is 5.35. The van der Waals surface area contributed by atoms with E-state index >= 15 is 0 Å². The summed E-state index contributed by atoms with van der Waals surface area (Å²) in [6.45, 7) is 0.382. The van der Waals surface area contributed by atoms with Crippen LogP contribution in [-0.2, 0) is 28.1 Å². The predicted molar refractivity (Wildman–Crippen MR) is 102 cm³/mol. The maximum atomic E-state index is 13.5. The fraction of sp³-hybridized carbons (Fsp3) is 0.250. The van der Waals surface area contributed by atoms with E-state index < -0.39 is 11.4 Å². The van der Waals surface area contributed by atoms with Gasteiger partial charge in [0.25, 0.3) is 0 Å². The van der Waals surface area contributed by atoms with Crippen molar-refractivity contribution in [3.05, 3.63) is 107 Å². The Morgan fingerprint density at radius 3 is 2.07 bits per heavy atom. The number of fused-ring (bicyclic) bond motifs is 1. The molecule has 136 valence electrons. The highest BCUT2D eigenvalue weighted by Crippen LogP contribution is 2.51. The molecule has 0 bridgehead atoms. The molecular weight excluding hydrogens is 339 g/mol. The lowest BCUT2D eigenvalue weighted by Gasteiger charge is -2.38. The second kappa shape index (κ2) is 6.29. The van der Waals surface area contributed by atoms with E-state index in [1.807, 2.05) is 42.5 Å². The van der Waals surface area contributed by atoms with Crippen LogP contribution in [0.5, 0.6) is 0 Å². The Bertz CT molecular complexity index is 915. The first-order chi connectivity index (χ1) is 13.2. The number of halogens is 1. The molecule has 0 saturated carbocycles. The van der Waals surface area contributed by atoms with Crippen LogP contribution < -0.4 is 0 Å². The van der Waals surface area contributed by atoms with E-state index in [9.17, 15) is 4.39 Å². The van der Waals surface area contributed by atoms with Crippen LogP contribution in [0.15, 0.2) is 78.9 Å². The van der Waals surface area contributed by atoms with E-state index in [2.05, 4.69) is 24.3 Å². The van der Waals surface area contributed by atoms with Crippen molar-refractivity contribution < 1.29 is 13.9 Å². The fourth-order valence-corrected chi connectivity index (χ4v) is 4.45. The van der Waals surface area contributed by atoms with Crippen molar-refractivity contribution in [3.8, 4) is 0 Å². The summed E-state index contributed by atoms with van der Waals surface area (Å²) < 4.78 is 26.6. The molecule has 3 heteroatoms. The Labute approximate surface area is 158 Å². The summed E-state index contributed by atoms with van der Waals surface area (Å²) in [5, 5.41) is 0. The van der Waals surface area contributed by atoms with Gasteiger partial charge in [0, 0.05) is 12.8 Å². The van der Waals surface area contributed by atoms with Crippen molar-refractivity contribution in [2.24, 2.45) is 0 Å². The summed E-state index contributed by atoms with van der Waals surface area (Å²) in [4.78, 5) is 0. The lowest BCUT2D eigenvalue weighted by atomic mass is 9.83. The van der Waals surface area contributed by atoms with Crippen molar-refractivity contribution in [3.63, 3.8) is 0 Å². The summed E-state index contributed by atoms with van der Waals surface area (Å²) in [5.41, 5.74) is 3.78. The van der Waals surface area contributed by atoms with Crippen molar-refractivity contribution in [1.29, 1.82) is 0 Å². The van der Waals surface area contributed by atoms with Crippen LogP contribution in [0.1, 0.15) is 35.1 Å². The summed E-state index contributed by atoms with van der Waals surface area (Å²) in [5.74, 6) is -0.889. The zero-order chi connectivity index (χ0) is 18.3. The fourth-order valence-electron chi connectivity index (χ4n) is 4.45. The number of hydrogen-bond donors (Lipinski definition) is 0. The first kappa shape index (κ1) is 16.7. The topological polar surface area (TPSA) is 18.5 Å². The molecule has 0 aliphatic carbocycles. The molecule has 3 aromatic carbocycles. The number of rotatable bonds is 2. The molecule has 0 radical (unpaired) electrons. The summed E-state index contributed by atoms with van der Waals surface area (Å²) >= 11 is 0. The molecule has 1 fully saturated rings. The molecule has 2 heterocycles. The van der Waals surface area contributed by atoms with Crippen molar-refractivity contribution in [2.45, 2.75) is 37.3 Å². The third-order valence-corrected chi connectivity index (χ3v) is 5.82. The van der Waals surface area contributed by atoms with Gasteiger partial charge in [-0.2, -0.15) is 0 Å². The van der Waals surface area contributed by atoms with Gasteiger partial charge in [0.1, 0.15) is 11.4 Å². The molecule has 3 aromatic rings. The molecular formula is C24H21FO2. The minimum absolute atomic E-state index is 0.219. The number of hydrogen-bond acceptors (Lipinski definition) is 2. The van der Waals surface area contributed by atoms with Gasteiger partial charge in [0.05, 0.1) is 6.61 Å². The largest absolute Gasteiger partial charge is 0.345 e. The van der Waals surface area contributed by atoms with Crippen LogP contribution >= 0.6 is 0 Å². The highest BCUT2D eigenvalue weighted by Gasteiger charge is 2.53. The molecule has 0 N–H and O–H groups in total. The molecule has 2 aliphatic rings. The maximum Gasteiger partial charge on any atom is 0.174 e. The van der Waals surface area contributed by atoms with Gasteiger partial charge in [0.2, 0.25) is 0 Å². The van der Waals surface area contributed by atoms with Gasteiger partial charge >= 0.3 is 0 Å². The molecule has 0 aromatic heterocycles. The Morgan fingerprint density at radius 1 is 0.741 bits per heavy atom. The molecule has 2 aliphatic heterocycles. The van der Waals surface area contributed by atoms with E-state index in [0.29, 0.717) is 13.0 Å². The average molecular weight is 360 g/mol. The van der Waals surface area contributed by atoms with Crippen molar-refractivity contribution in [2.75, 3.05) is 0 Å². The molecule has 1 atom stereocenters. The van der Waals surface area contributed by atoms with Gasteiger partial charge in [-0.05, 0) is 40.8 Å². The molecule has 0 unspecified atom stereocenters. The Hall–Kier alpha value is -2.49. The third-order valence-electron chi connectivity index (χ3n) is 5.82. The van der Waals surface area contributed by atoms with Gasteiger partial charge in [0.15, 0.2) is 5.79 Å². The van der Waals surface area contributed by atoms with Crippen LogP contribution in [0, 0.1) is 5.82 Å². The Morgan fingerprint density at radius 2 is 1.41 bits per heavy atom. The molecule has 27 heavy (non-hydrogen) atoms. The van der Waals surface area contributed by atoms with Crippen LogP contribution in [0.25, 0.3) is 0 Å². The second-order valence-corrected chi connectivity index (χ2v) is 7.45. The highest BCUT2D eigenvalue weighted by molar-refractivity contribution is 5.39. The van der Waals surface area contributed by atoms with Crippen molar-refractivity contribution in [1.82, 2.24) is 0 Å². The molecule has 1 saturated heterocycles. The lowest BCUT2D eigenvalue weighted by molar-refractivity contribution is -0.257. The molecule has 1 spiro atoms. The summed E-state index contributed by atoms with van der Waals surface area (Å²) in [6, 6.07) is 25.7. The lowest BCUT2D eigenvalue weighted by Crippen LogP contribution is -2.41. The van der Waals surface area contributed by atoms with Gasteiger partial charge in [-0.1, -0.05) is 66.7 Å². The number of ether oxygens (including phenoxy) is 2. The van der Waals surface area contributed by atoms with E-state index in [1.165, 1.54) is 6.07 Å². The standard InChI is InChI=1S/C24H21FO2/c25-22-12-11-18-16-23(26-17-19(18)15-22)13-14-24(27-23,20-7-3-1-4-8-20)21-9-5-2-6-10-21/h1-12,15H,13-14,16-17H2/t23-/m1/s1. The minimum atomic E-state index is -0.670. The van der Waals surface area contributed by atoms with E-state index in [4.69, 9.17) is 9.47 Å². The van der Waals surface area contributed by atoms with Crippen LogP contribution in [0.4, 0.5) is 4.39 Å². The Kier molecular flexibility index (Phi) is 3.88. The van der Waals surface area contributed by atoms with Gasteiger partial charge in [-0.3, -0.25) is 0 Å². The van der Waals surface area contributed by atoms with Crippen LogP contribution in [0.3, 0.4) is 0 Å². The normalized spacial score (nSPS) is 23.3. The zero-order valence-corrected chi connectivity index (χ0v) is 15.0. The summed E-state index contributed by atoms with van der Waals surface area (Å²) in [6.07, 6.45) is 2.29. The smallest absolute Gasteiger partial charge is 0.174 e. The molecule has 0 amide bonds. The van der Waals surface area contributed by atoms with E-state index in [1.54, 1.807) is 6.07 Å². The summed E-state index contributed by atoms with van der Waals surface area (Å²) in [7, 11) is 0. The van der Waals surface area contributed by atoms with E-state index in [0.717, 1.165) is 35.1 Å². The van der Waals surface area contributed by atoms with Crippen molar-refractivity contribution >= 4 is 0 Å². The van der Waals surface area contributed by atoms with Gasteiger partial charge < -0.3 is 9.47 Å². The number of benzene rings is 3. The maximum absolute atomic E-state index is 13.5. The molecule has 5 rings (SSSR count).